The first-order valence-electron chi connectivity index (χ1n) is 11.7. The highest BCUT2D eigenvalue weighted by Gasteiger charge is 2.41. The van der Waals surface area contributed by atoms with Crippen LogP contribution in [0, 0.1) is 0 Å². The first-order chi connectivity index (χ1) is 14.4. The molecule has 0 aliphatic carbocycles. The normalized spacial score (nSPS) is 14.3. The molecule has 184 valence electrons. The molecule has 0 saturated heterocycles. The van der Waals surface area contributed by atoms with E-state index >= 15 is 0 Å². The largest absolute Gasteiger partial charge is 0.462 e. The maximum atomic E-state index is 11.5. The smallest absolute Gasteiger partial charge is 0.333 e. The zero-order valence-electron chi connectivity index (χ0n) is 21.4. The third-order valence-electron chi connectivity index (χ3n) is 5.00. The number of hydrogen-bond acceptors (Lipinski definition) is 6. The molecule has 0 rings (SSSR count). The Morgan fingerprint density at radius 2 is 1.45 bits per heavy atom. The molecule has 1 atom stereocenters. The zero-order chi connectivity index (χ0) is 24.0. The van der Waals surface area contributed by atoms with Gasteiger partial charge in [-0.15, -0.1) is 0 Å². The Bertz CT molecular complexity index is 527. The van der Waals surface area contributed by atoms with Crippen molar-refractivity contribution in [1.29, 1.82) is 0 Å². The van der Waals surface area contributed by atoms with Gasteiger partial charge in [-0.05, 0) is 70.6 Å². The summed E-state index contributed by atoms with van der Waals surface area (Å²) in [7, 11) is -4.36. The molecule has 0 aromatic carbocycles. The number of rotatable bonds is 19. The van der Waals surface area contributed by atoms with Gasteiger partial charge in [0.2, 0.25) is 0 Å². The Hall–Kier alpha value is -0.299. The fraction of sp³-hybridized carbons (Fsp3) is 0.864. The summed E-state index contributed by atoms with van der Waals surface area (Å²) in [6.45, 7) is 21.2. The van der Waals surface area contributed by atoms with Gasteiger partial charge in [0.1, 0.15) is 0 Å². The summed E-state index contributed by atoms with van der Waals surface area (Å²) in [5, 5.41) is 0. The van der Waals surface area contributed by atoms with E-state index in [1.54, 1.807) is 14.0 Å². The minimum absolute atomic E-state index is 0.317. The molecule has 0 fully saturated rings. The molecule has 0 spiro atoms. The van der Waals surface area contributed by atoms with Crippen molar-refractivity contribution in [2.24, 2.45) is 0 Å². The summed E-state index contributed by atoms with van der Waals surface area (Å²) in [6.07, 6.45) is 4.22. The van der Waals surface area contributed by atoms with Gasteiger partial charge in [0.25, 0.3) is 0 Å². The summed E-state index contributed by atoms with van der Waals surface area (Å²) in [5.74, 6) is -0.317. The van der Waals surface area contributed by atoms with E-state index in [2.05, 4.69) is 46.2 Å². The predicted octanol–water partition coefficient (Wildman–Crippen LogP) is 5.86. The minimum Gasteiger partial charge on any atom is -0.462 e. The molecule has 0 amide bonds. The quantitative estimate of drug-likeness (QED) is 0.0973. The van der Waals surface area contributed by atoms with E-state index in [0.717, 1.165) is 31.5 Å². The van der Waals surface area contributed by atoms with Crippen LogP contribution in [0.3, 0.4) is 0 Å². The van der Waals surface area contributed by atoms with Crippen molar-refractivity contribution in [2.75, 3.05) is 33.5 Å². The molecule has 1 unspecified atom stereocenters. The van der Waals surface area contributed by atoms with Crippen molar-refractivity contribution >= 4 is 31.2 Å². The Morgan fingerprint density at radius 1 is 0.839 bits per heavy atom. The fourth-order valence-corrected chi connectivity index (χ4v) is 18.8. The number of unbranched alkanes of at least 4 members (excludes halogenated alkanes) is 1. The molecule has 0 aromatic rings. The molecule has 0 aliphatic rings. The highest BCUT2D eigenvalue weighted by atomic mass is 28.5. The molecule has 0 saturated carbocycles. The number of carbonyl (C=O) groups is 1. The van der Waals surface area contributed by atoms with Crippen LogP contribution in [0.25, 0.3) is 0 Å². The molecule has 0 aromatic heterocycles. The van der Waals surface area contributed by atoms with Gasteiger partial charge >= 0.3 is 14.5 Å². The van der Waals surface area contributed by atoms with Crippen molar-refractivity contribution < 1.29 is 27.2 Å². The van der Waals surface area contributed by atoms with Gasteiger partial charge in [0, 0.05) is 19.3 Å². The van der Waals surface area contributed by atoms with E-state index in [4.69, 9.17) is 22.4 Å². The average molecular weight is 493 g/mol. The van der Waals surface area contributed by atoms with Crippen LogP contribution in [0.4, 0.5) is 0 Å². The highest BCUT2D eigenvalue weighted by Crippen LogP contribution is 2.29. The van der Waals surface area contributed by atoms with Crippen LogP contribution >= 0.6 is 0 Å². The first-order valence-corrected chi connectivity index (χ1v) is 20.4. The lowest BCUT2D eigenvalue weighted by Gasteiger charge is -2.40. The van der Waals surface area contributed by atoms with Crippen LogP contribution < -0.4 is 0 Å². The lowest BCUT2D eigenvalue weighted by molar-refractivity contribution is -0.138. The van der Waals surface area contributed by atoms with Crippen molar-refractivity contribution in [2.45, 2.75) is 90.4 Å². The molecule has 0 bridgehead atoms. The fourth-order valence-electron chi connectivity index (χ4n) is 3.69. The van der Waals surface area contributed by atoms with Crippen molar-refractivity contribution in [3.63, 3.8) is 0 Å². The summed E-state index contributed by atoms with van der Waals surface area (Å²) in [4.78, 5) is 11.5. The molecule has 31 heavy (non-hydrogen) atoms. The van der Waals surface area contributed by atoms with Crippen molar-refractivity contribution in [1.82, 2.24) is 0 Å². The molecular formula is C22H48O6Si3. The van der Waals surface area contributed by atoms with Crippen molar-refractivity contribution in [3.8, 4) is 0 Å². The molecular weight excluding hydrogens is 444 g/mol. The molecule has 0 aliphatic heterocycles. The van der Waals surface area contributed by atoms with E-state index in [1.165, 1.54) is 18.9 Å². The Kier molecular flexibility index (Phi) is 15.4. The van der Waals surface area contributed by atoms with Crippen LogP contribution in [-0.2, 0) is 27.2 Å². The third kappa shape index (κ3) is 16.0. The van der Waals surface area contributed by atoms with Crippen LogP contribution in [-0.4, -0.2) is 64.7 Å². The van der Waals surface area contributed by atoms with Gasteiger partial charge in [-0.2, -0.15) is 0 Å². The molecule has 0 N–H and O–H groups in total. The van der Waals surface area contributed by atoms with Gasteiger partial charge in [0.05, 0.1) is 19.8 Å². The SMILES string of the molecule is C=C(C)C(=O)OCCC[Si](C)(C)O[Si](C)(C)O[Si](C)(CCCC)CCCOCCOC. The second kappa shape index (κ2) is 15.5. The summed E-state index contributed by atoms with van der Waals surface area (Å²) in [6, 6.07) is 3.20. The lowest BCUT2D eigenvalue weighted by atomic mass is 10.4. The van der Waals surface area contributed by atoms with Crippen LogP contribution in [0.1, 0.15) is 39.5 Å². The van der Waals surface area contributed by atoms with E-state index < -0.39 is 25.2 Å². The third-order valence-corrected chi connectivity index (χ3v) is 17.5. The van der Waals surface area contributed by atoms with Gasteiger partial charge in [-0.25, -0.2) is 4.79 Å². The molecule has 9 heteroatoms. The van der Waals surface area contributed by atoms with E-state index in [1.807, 2.05) is 0 Å². The zero-order valence-corrected chi connectivity index (χ0v) is 24.4. The monoisotopic (exact) mass is 492 g/mol. The van der Waals surface area contributed by atoms with E-state index in [0.29, 0.717) is 25.4 Å². The summed E-state index contributed by atoms with van der Waals surface area (Å²) >= 11 is 0. The molecule has 0 radical (unpaired) electrons. The summed E-state index contributed by atoms with van der Waals surface area (Å²) < 4.78 is 29.5. The Morgan fingerprint density at radius 3 is 2.03 bits per heavy atom. The van der Waals surface area contributed by atoms with Crippen LogP contribution in [0.2, 0.25) is 50.9 Å². The van der Waals surface area contributed by atoms with Gasteiger partial charge < -0.3 is 22.4 Å². The molecule has 6 nitrogen and oxygen atoms in total. The minimum atomic E-state index is -2.26. The lowest BCUT2D eigenvalue weighted by Crippen LogP contribution is -2.53. The van der Waals surface area contributed by atoms with Crippen LogP contribution in [0.15, 0.2) is 12.2 Å². The Labute approximate surface area is 194 Å². The number of carbonyl (C=O) groups excluding carboxylic acids is 1. The highest BCUT2D eigenvalue weighted by molar-refractivity contribution is 6.88. The van der Waals surface area contributed by atoms with E-state index in [-0.39, 0.29) is 5.97 Å². The number of esters is 1. The number of ether oxygens (including phenoxy) is 3. The summed E-state index contributed by atoms with van der Waals surface area (Å²) in [5.41, 5.74) is 0.440. The number of hydrogen-bond donors (Lipinski definition) is 0. The number of methoxy groups -OCH3 is 1. The van der Waals surface area contributed by atoms with Gasteiger partial charge in [-0.1, -0.05) is 26.3 Å². The van der Waals surface area contributed by atoms with Gasteiger partial charge in [-0.3, -0.25) is 0 Å². The average Bonchev–Trinajstić information content (AvgIpc) is 2.64. The van der Waals surface area contributed by atoms with Crippen molar-refractivity contribution in [3.05, 3.63) is 12.2 Å². The molecule has 0 heterocycles. The topological polar surface area (TPSA) is 63.2 Å². The maximum Gasteiger partial charge on any atom is 0.333 e. The second-order valence-corrected chi connectivity index (χ2v) is 22.0. The van der Waals surface area contributed by atoms with Gasteiger partial charge in [0.15, 0.2) is 16.6 Å². The van der Waals surface area contributed by atoms with Crippen LogP contribution in [0.5, 0.6) is 0 Å². The predicted molar refractivity (Wildman–Crippen MR) is 136 cm³/mol. The first kappa shape index (κ1) is 30.7. The standard InChI is InChI=1S/C22H48O6Si3/c1-10-11-19-31(9,20-12-14-25-17-16-24-4)28-30(7,8)27-29(5,6)18-13-15-26-22(23)21(2)3/h2,10-20H2,1,3-9H3. The maximum absolute atomic E-state index is 11.5. The Balaban J connectivity index is 4.69. The second-order valence-electron chi connectivity index (χ2n) is 9.65. The van der Waals surface area contributed by atoms with E-state index in [9.17, 15) is 4.79 Å².